The zero-order valence-corrected chi connectivity index (χ0v) is 26.4. The molecule has 1 unspecified atom stereocenters. The predicted octanol–water partition coefficient (Wildman–Crippen LogP) is 8.38. The van der Waals surface area contributed by atoms with Gasteiger partial charge >= 0.3 is 12.4 Å². The number of hydrogen-bond donors (Lipinski definition) is 1. The van der Waals surface area contributed by atoms with Crippen molar-refractivity contribution in [3.05, 3.63) is 107 Å². The van der Waals surface area contributed by atoms with Gasteiger partial charge in [0.1, 0.15) is 0 Å². The molecule has 0 bridgehead atoms. The molecule has 0 radical (unpaired) electrons. The third kappa shape index (κ3) is 7.60. The molecule has 1 heterocycles. The number of halogens is 6. The first-order valence-electron chi connectivity index (χ1n) is 15.8. The van der Waals surface area contributed by atoms with Crippen LogP contribution in [0.3, 0.4) is 0 Å². The average molecular weight is 646 g/mol. The van der Waals surface area contributed by atoms with Crippen LogP contribution < -0.4 is 5.32 Å². The molecule has 0 aromatic heterocycles. The lowest BCUT2D eigenvalue weighted by molar-refractivity contribution is -0.143. The van der Waals surface area contributed by atoms with E-state index in [0.717, 1.165) is 44.6 Å². The lowest BCUT2D eigenvalue weighted by Crippen LogP contribution is -2.63. The van der Waals surface area contributed by atoms with Gasteiger partial charge in [0.25, 0.3) is 0 Å². The van der Waals surface area contributed by atoms with Crippen molar-refractivity contribution >= 4 is 5.91 Å². The minimum absolute atomic E-state index is 0.0815. The Labute approximate surface area is 266 Å². The molecule has 4 nitrogen and oxygen atoms in total. The van der Waals surface area contributed by atoms with Crippen molar-refractivity contribution < 1.29 is 31.1 Å². The van der Waals surface area contributed by atoms with Gasteiger partial charge in [0, 0.05) is 37.8 Å². The Morgan fingerprint density at radius 1 is 0.848 bits per heavy atom. The first-order valence-corrected chi connectivity index (χ1v) is 15.8. The van der Waals surface area contributed by atoms with Gasteiger partial charge < -0.3 is 5.32 Å². The summed E-state index contributed by atoms with van der Waals surface area (Å²) in [6, 6.07) is 21.5. The summed E-state index contributed by atoms with van der Waals surface area (Å²) in [5.74, 6) is -1.84. The molecule has 3 aromatic carbocycles. The smallest absolute Gasteiger partial charge is 0.346 e. The van der Waals surface area contributed by atoms with Crippen molar-refractivity contribution in [3.8, 4) is 0 Å². The molecule has 2 fully saturated rings. The summed E-state index contributed by atoms with van der Waals surface area (Å²) in [5.41, 5.74) is -1.91. The largest absolute Gasteiger partial charge is 0.416 e. The van der Waals surface area contributed by atoms with E-state index >= 15 is 0 Å². The molecule has 248 valence electrons. The van der Waals surface area contributed by atoms with Crippen molar-refractivity contribution in [2.75, 3.05) is 19.6 Å². The van der Waals surface area contributed by atoms with Crippen LogP contribution in [0.2, 0.25) is 0 Å². The first kappa shape index (κ1) is 34.0. The van der Waals surface area contributed by atoms with Crippen LogP contribution in [0, 0.1) is 0 Å². The number of carbonyl (C=O) groups excluding carboxylic acids is 1. The normalized spacial score (nSPS) is 23.5. The Kier molecular flexibility index (Phi) is 9.62. The maximum absolute atomic E-state index is 13.7. The third-order valence-electron chi connectivity index (χ3n) is 9.74. The monoisotopic (exact) mass is 645 g/mol. The quantitative estimate of drug-likeness (QED) is 0.262. The number of hydrogen-bond acceptors (Lipinski definition) is 3. The molecule has 0 spiro atoms. The van der Waals surface area contributed by atoms with Gasteiger partial charge in [-0.25, -0.2) is 0 Å². The van der Waals surface area contributed by atoms with Crippen LogP contribution in [-0.2, 0) is 29.2 Å². The van der Waals surface area contributed by atoms with Gasteiger partial charge in [0.05, 0.1) is 22.6 Å². The minimum Gasteiger partial charge on any atom is -0.346 e. The highest BCUT2D eigenvalue weighted by molar-refractivity contribution is 5.84. The lowest BCUT2D eigenvalue weighted by atomic mass is 9.73. The van der Waals surface area contributed by atoms with E-state index < -0.39 is 40.8 Å². The second-order valence-electron chi connectivity index (χ2n) is 13.4. The van der Waals surface area contributed by atoms with Gasteiger partial charge in [-0.2, -0.15) is 26.3 Å². The number of benzene rings is 3. The highest BCUT2D eigenvalue weighted by atomic mass is 19.4. The molecule has 1 N–H and O–H groups in total. The summed E-state index contributed by atoms with van der Waals surface area (Å²) >= 11 is 0. The number of amides is 1. The van der Waals surface area contributed by atoms with E-state index in [9.17, 15) is 31.1 Å². The summed E-state index contributed by atoms with van der Waals surface area (Å²) < 4.78 is 81.3. The lowest BCUT2D eigenvalue weighted by Gasteiger charge is -2.53. The summed E-state index contributed by atoms with van der Waals surface area (Å²) in [4.78, 5) is 18.7. The maximum Gasteiger partial charge on any atom is 0.416 e. The fourth-order valence-electron chi connectivity index (χ4n) is 7.30. The van der Waals surface area contributed by atoms with Crippen molar-refractivity contribution in [2.24, 2.45) is 0 Å². The molecule has 1 saturated heterocycles. The van der Waals surface area contributed by atoms with Gasteiger partial charge in [-0.15, -0.1) is 0 Å². The highest BCUT2D eigenvalue weighted by Gasteiger charge is 2.45. The molecule has 2 aliphatic rings. The van der Waals surface area contributed by atoms with E-state index in [-0.39, 0.29) is 23.2 Å². The highest BCUT2D eigenvalue weighted by Crippen LogP contribution is 2.42. The molecule has 3 aromatic rings. The van der Waals surface area contributed by atoms with E-state index in [1.54, 1.807) is 0 Å². The van der Waals surface area contributed by atoms with Crippen LogP contribution in [0.25, 0.3) is 0 Å². The molecular weight excluding hydrogens is 604 g/mol. The molecule has 1 saturated carbocycles. The zero-order chi connectivity index (χ0) is 33.3. The van der Waals surface area contributed by atoms with Crippen LogP contribution in [0.5, 0.6) is 0 Å². The van der Waals surface area contributed by atoms with E-state index in [1.807, 2.05) is 36.4 Å². The predicted molar refractivity (Wildman–Crippen MR) is 166 cm³/mol. The standard InChI is InChI=1S/C36H41F6N3O/c1-25(27-20-29(35(37,38)39)22-30(21-27)36(40,41)42)32(46)43-34(28-12-8-5-9-13-28)16-14-31(15-17-34)45-19-18-44(24-33(45,2)3)23-26-10-6-4-7-11-26/h4-13,20-22,25,31H,14-19,23-24H2,1-3H3,(H,43,46)/t25?,31-,34-. The van der Waals surface area contributed by atoms with Gasteiger partial charge in [-0.05, 0) is 81.3 Å². The Balaban J connectivity index is 1.33. The van der Waals surface area contributed by atoms with Crippen molar-refractivity contribution in [2.45, 2.75) is 88.4 Å². The van der Waals surface area contributed by atoms with Crippen LogP contribution in [0.15, 0.2) is 78.9 Å². The molecule has 1 aliphatic carbocycles. The van der Waals surface area contributed by atoms with Crippen LogP contribution in [-0.4, -0.2) is 46.9 Å². The second-order valence-corrected chi connectivity index (χ2v) is 13.4. The first-order chi connectivity index (χ1) is 21.6. The minimum atomic E-state index is -4.99. The van der Waals surface area contributed by atoms with E-state index in [4.69, 9.17) is 0 Å². The SMILES string of the molecule is CC(C(=O)N[C@]1(c2ccccc2)CC[C@@H](N2CCN(Cc3ccccc3)CC2(C)C)CC1)c1cc(C(F)(F)F)cc(C(F)(F)F)c1. The number of nitrogens with zero attached hydrogens (tertiary/aromatic N) is 2. The van der Waals surface area contributed by atoms with Crippen LogP contribution in [0.4, 0.5) is 26.3 Å². The van der Waals surface area contributed by atoms with Crippen molar-refractivity contribution in [3.63, 3.8) is 0 Å². The number of carbonyl (C=O) groups is 1. The van der Waals surface area contributed by atoms with E-state index in [2.05, 4.69) is 53.2 Å². The molecular formula is C36H41F6N3O. The number of piperazine rings is 1. The summed E-state index contributed by atoms with van der Waals surface area (Å²) in [6.07, 6.45) is -7.22. The van der Waals surface area contributed by atoms with E-state index in [0.29, 0.717) is 25.0 Å². The summed E-state index contributed by atoms with van der Waals surface area (Å²) in [6.45, 7) is 9.52. The number of nitrogens with one attached hydrogen (secondary N) is 1. The van der Waals surface area contributed by atoms with E-state index in [1.165, 1.54) is 12.5 Å². The molecule has 1 aliphatic heterocycles. The Bertz CT molecular complexity index is 1450. The van der Waals surface area contributed by atoms with Gasteiger partial charge in [0.15, 0.2) is 0 Å². The van der Waals surface area contributed by atoms with Crippen LogP contribution >= 0.6 is 0 Å². The number of alkyl halides is 6. The van der Waals surface area contributed by atoms with Gasteiger partial charge in [0.2, 0.25) is 5.91 Å². The van der Waals surface area contributed by atoms with Crippen LogP contribution in [0.1, 0.15) is 80.2 Å². The van der Waals surface area contributed by atoms with Gasteiger partial charge in [-0.1, -0.05) is 60.7 Å². The van der Waals surface area contributed by atoms with Crippen molar-refractivity contribution in [1.29, 1.82) is 0 Å². The Morgan fingerprint density at radius 3 is 1.91 bits per heavy atom. The topological polar surface area (TPSA) is 35.6 Å². The molecule has 1 amide bonds. The maximum atomic E-state index is 13.7. The number of rotatable bonds is 7. The summed E-state index contributed by atoms with van der Waals surface area (Å²) in [5, 5.41) is 3.11. The zero-order valence-electron chi connectivity index (χ0n) is 26.4. The Morgan fingerprint density at radius 2 is 1.39 bits per heavy atom. The average Bonchev–Trinajstić information content (AvgIpc) is 3.01. The fourth-order valence-corrected chi connectivity index (χ4v) is 7.30. The van der Waals surface area contributed by atoms with Crippen molar-refractivity contribution in [1.82, 2.24) is 15.1 Å². The third-order valence-corrected chi connectivity index (χ3v) is 9.74. The molecule has 10 heteroatoms. The molecule has 1 atom stereocenters. The fraction of sp³-hybridized carbons (Fsp3) is 0.472. The second kappa shape index (κ2) is 13.0. The molecule has 5 rings (SSSR count). The molecule has 46 heavy (non-hydrogen) atoms. The Hall–Kier alpha value is -3.37. The summed E-state index contributed by atoms with van der Waals surface area (Å²) in [7, 11) is 0. The van der Waals surface area contributed by atoms with Gasteiger partial charge in [-0.3, -0.25) is 14.6 Å².